The smallest absolute Gasteiger partial charge is 0.242 e. The van der Waals surface area contributed by atoms with Crippen LogP contribution in [0.3, 0.4) is 0 Å². The third kappa shape index (κ3) is 6.47. The summed E-state index contributed by atoms with van der Waals surface area (Å²) in [5.41, 5.74) is 8.41. The highest BCUT2D eigenvalue weighted by Crippen LogP contribution is 2.34. The highest BCUT2D eigenvalue weighted by molar-refractivity contribution is 7.99. The van der Waals surface area contributed by atoms with Gasteiger partial charge in [0.05, 0.1) is 5.69 Å². The largest absolute Gasteiger partial charge is 0.361 e. The van der Waals surface area contributed by atoms with Crippen LogP contribution in [-0.2, 0) is 20.8 Å². The first-order chi connectivity index (χ1) is 17.6. The molecule has 2 heterocycles. The van der Waals surface area contributed by atoms with Gasteiger partial charge < -0.3 is 26.3 Å². The summed E-state index contributed by atoms with van der Waals surface area (Å²) >= 11 is 1.68. The van der Waals surface area contributed by atoms with Crippen LogP contribution in [0, 0.1) is 0 Å². The lowest BCUT2D eigenvalue weighted by atomic mass is 10.0. The third-order valence-corrected chi connectivity index (χ3v) is 7.31. The molecule has 5 N–H and O–H groups in total. The van der Waals surface area contributed by atoms with E-state index in [1.807, 2.05) is 54.7 Å². The minimum absolute atomic E-state index is 0.0735. The molecule has 1 aromatic heterocycles. The van der Waals surface area contributed by atoms with E-state index >= 15 is 0 Å². The number of rotatable bonds is 11. The van der Waals surface area contributed by atoms with E-state index in [9.17, 15) is 14.4 Å². The summed E-state index contributed by atoms with van der Waals surface area (Å²) in [6.45, 7) is 1.40. The Hall–Kier alpha value is -3.30. The number of fused-ring (bicyclic) bond motifs is 2. The number of amides is 3. The number of aromatic nitrogens is 1. The molecule has 36 heavy (non-hydrogen) atoms. The summed E-state index contributed by atoms with van der Waals surface area (Å²) in [6, 6.07) is 15.1. The summed E-state index contributed by atoms with van der Waals surface area (Å²) in [6.07, 6.45) is 4.13. The van der Waals surface area contributed by atoms with Crippen molar-refractivity contribution in [2.75, 3.05) is 30.3 Å². The van der Waals surface area contributed by atoms with Crippen LogP contribution < -0.4 is 21.3 Å². The Kier molecular flexibility index (Phi) is 9.02. The van der Waals surface area contributed by atoms with Crippen LogP contribution in [0.5, 0.6) is 0 Å². The number of anilines is 1. The Morgan fingerprint density at radius 1 is 1.11 bits per heavy atom. The molecule has 1 aliphatic rings. The lowest BCUT2D eigenvalue weighted by molar-refractivity contribution is -0.129. The predicted octanol–water partition coefficient (Wildman–Crippen LogP) is 2.97. The fourth-order valence-electron chi connectivity index (χ4n) is 4.40. The fraction of sp³-hybridized carbons (Fsp3) is 0.370. The van der Waals surface area contributed by atoms with Crippen molar-refractivity contribution in [3.63, 3.8) is 0 Å². The van der Waals surface area contributed by atoms with E-state index in [1.165, 1.54) is 0 Å². The second-order valence-corrected chi connectivity index (χ2v) is 9.97. The molecule has 3 amide bonds. The van der Waals surface area contributed by atoms with Crippen molar-refractivity contribution >= 4 is 46.1 Å². The van der Waals surface area contributed by atoms with E-state index in [1.54, 1.807) is 16.7 Å². The van der Waals surface area contributed by atoms with Gasteiger partial charge in [-0.3, -0.25) is 14.4 Å². The van der Waals surface area contributed by atoms with Gasteiger partial charge in [-0.05, 0) is 43.1 Å². The standard InChI is InChI=1S/C27H33N5O3S/c28-13-6-14-29-27(35)22(17-19-18-30-21-8-2-1-7-20(19)21)31-25(33)11-5-15-32-23-9-3-4-10-24(23)36-16-12-26(32)34/h1-4,7-10,18,22,30H,5-6,11-17,28H2,(H,29,35)(H,31,33)/t22-/m1/s1. The minimum atomic E-state index is -0.702. The van der Waals surface area contributed by atoms with E-state index in [0.29, 0.717) is 45.3 Å². The quantitative estimate of drug-likeness (QED) is 0.298. The van der Waals surface area contributed by atoms with Gasteiger partial charge in [0.15, 0.2) is 0 Å². The molecule has 0 spiro atoms. The number of nitrogens with one attached hydrogen (secondary N) is 3. The van der Waals surface area contributed by atoms with Gasteiger partial charge >= 0.3 is 0 Å². The van der Waals surface area contributed by atoms with E-state index < -0.39 is 6.04 Å². The maximum atomic E-state index is 12.9. The molecule has 0 saturated carbocycles. The lowest BCUT2D eigenvalue weighted by Crippen LogP contribution is -2.48. The number of hydrogen-bond acceptors (Lipinski definition) is 5. The first-order valence-electron chi connectivity index (χ1n) is 12.4. The van der Waals surface area contributed by atoms with Gasteiger partial charge in [0, 0.05) is 60.1 Å². The van der Waals surface area contributed by atoms with Crippen LogP contribution in [0.15, 0.2) is 59.6 Å². The SMILES string of the molecule is NCCCNC(=O)[C@@H](Cc1c[nH]c2ccccc12)NC(=O)CCCN1C(=O)CCSc2ccccc21. The van der Waals surface area contributed by atoms with Crippen molar-refractivity contribution in [2.24, 2.45) is 5.73 Å². The molecule has 8 nitrogen and oxygen atoms in total. The molecular weight excluding hydrogens is 474 g/mol. The van der Waals surface area contributed by atoms with Crippen LogP contribution >= 0.6 is 11.8 Å². The molecule has 9 heteroatoms. The molecule has 1 atom stereocenters. The van der Waals surface area contributed by atoms with E-state index in [4.69, 9.17) is 5.73 Å². The van der Waals surface area contributed by atoms with Crippen molar-refractivity contribution in [3.8, 4) is 0 Å². The Morgan fingerprint density at radius 3 is 2.78 bits per heavy atom. The summed E-state index contributed by atoms with van der Waals surface area (Å²) in [7, 11) is 0. The highest BCUT2D eigenvalue weighted by Gasteiger charge is 2.24. The molecule has 4 rings (SSSR count). The van der Waals surface area contributed by atoms with Gasteiger partial charge in [0.1, 0.15) is 6.04 Å². The first kappa shape index (κ1) is 25.8. The molecular formula is C27H33N5O3S. The van der Waals surface area contributed by atoms with Crippen LogP contribution in [0.2, 0.25) is 0 Å². The third-order valence-electron chi connectivity index (χ3n) is 6.25. The normalized spacial score (nSPS) is 14.2. The maximum absolute atomic E-state index is 12.9. The van der Waals surface area contributed by atoms with Crippen LogP contribution in [0.25, 0.3) is 10.9 Å². The Bertz CT molecular complexity index is 1210. The molecule has 0 fully saturated rings. The molecule has 0 radical (unpaired) electrons. The number of nitrogens with zero attached hydrogens (tertiary/aromatic N) is 1. The topological polar surface area (TPSA) is 120 Å². The number of para-hydroxylation sites is 2. The zero-order valence-electron chi connectivity index (χ0n) is 20.3. The summed E-state index contributed by atoms with van der Waals surface area (Å²) in [5.74, 6) is 0.389. The second-order valence-electron chi connectivity index (χ2n) is 8.83. The summed E-state index contributed by atoms with van der Waals surface area (Å²) < 4.78 is 0. The van der Waals surface area contributed by atoms with E-state index in [0.717, 1.165) is 32.8 Å². The lowest BCUT2D eigenvalue weighted by Gasteiger charge is -2.23. The van der Waals surface area contributed by atoms with Crippen molar-refractivity contribution < 1.29 is 14.4 Å². The number of benzene rings is 2. The van der Waals surface area contributed by atoms with Gasteiger partial charge in [-0.15, -0.1) is 11.8 Å². The number of aromatic amines is 1. The van der Waals surface area contributed by atoms with Gasteiger partial charge in [-0.1, -0.05) is 30.3 Å². The van der Waals surface area contributed by atoms with Crippen LogP contribution in [0.4, 0.5) is 5.69 Å². The molecule has 2 aromatic carbocycles. The molecule has 190 valence electrons. The Labute approximate surface area is 215 Å². The van der Waals surface area contributed by atoms with Gasteiger partial charge in [0.25, 0.3) is 0 Å². The van der Waals surface area contributed by atoms with E-state index in [-0.39, 0.29) is 24.1 Å². The van der Waals surface area contributed by atoms with Gasteiger partial charge in [0.2, 0.25) is 17.7 Å². The monoisotopic (exact) mass is 507 g/mol. The highest BCUT2D eigenvalue weighted by atomic mass is 32.2. The van der Waals surface area contributed by atoms with E-state index in [2.05, 4.69) is 15.6 Å². The minimum Gasteiger partial charge on any atom is -0.361 e. The number of carbonyl (C=O) groups excluding carboxylic acids is 3. The predicted molar refractivity (Wildman–Crippen MR) is 144 cm³/mol. The van der Waals surface area contributed by atoms with Crippen LogP contribution in [-0.4, -0.2) is 54.1 Å². The Morgan fingerprint density at radius 2 is 1.92 bits per heavy atom. The van der Waals surface area contributed by atoms with Crippen molar-refractivity contribution in [2.45, 2.75) is 43.0 Å². The number of H-pyrrole nitrogens is 1. The number of thioether (sulfide) groups is 1. The van der Waals surface area contributed by atoms with Gasteiger partial charge in [-0.2, -0.15) is 0 Å². The summed E-state index contributed by atoms with van der Waals surface area (Å²) in [4.78, 5) is 44.6. The molecule has 3 aromatic rings. The van der Waals surface area contributed by atoms with Crippen LogP contribution in [0.1, 0.15) is 31.2 Å². The zero-order valence-corrected chi connectivity index (χ0v) is 21.1. The maximum Gasteiger partial charge on any atom is 0.242 e. The van der Waals surface area contributed by atoms with Crippen molar-refractivity contribution in [3.05, 3.63) is 60.3 Å². The molecule has 1 aliphatic heterocycles. The zero-order chi connectivity index (χ0) is 25.3. The number of hydrogen-bond donors (Lipinski definition) is 4. The average molecular weight is 508 g/mol. The number of carbonyl (C=O) groups is 3. The summed E-state index contributed by atoms with van der Waals surface area (Å²) in [5, 5.41) is 6.84. The van der Waals surface area contributed by atoms with Gasteiger partial charge in [-0.25, -0.2) is 0 Å². The second kappa shape index (κ2) is 12.6. The van der Waals surface area contributed by atoms with Crippen molar-refractivity contribution in [1.82, 2.24) is 15.6 Å². The number of nitrogens with two attached hydrogens (primary N) is 1. The van der Waals surface area contributed by atoms with Crippen molar-refractivity contribution in [1.29, 1.82) is 0 Å². The Balaban J connectivity index is 1.38. The molecule has 0 unspecified atom stereocenters. The molecule has 0 bridgehead atoms. The fourth-order valence-corrected chi connectivity index (χ4v) is 5.39. The average Bonchev–Trinajstić information content (AvgIpc) is 3.22. The molecule has 0 saturated heterocycles. The molecule has 0 aliphatic carbocycles. The first-order valence-corrected chi connectivity index (χ1v) is 13.4.